The van der Waals surface area contributed by atoms with E-state index in [1.807, 2.05) is 0 Å². The lowest BCUT2D eigenvalue weighted by Gasteiger charge is -2.13. The summed E-state index contributed by atoms with van der Waals surface area (Å²) in [6.07, 6.45) is -4.70. The zero-order chi connectivity index (χ0) is 20.5. The van der Waals surface area contributed by atoms with Gasteiger partial charge in [0.1, 0.15) is 28.8 Å². The molecule has 1 atom stereocenters. The second kappa shape index (κ2) is 7.90. The molecule has 0 bridgehead atoms. The maximum atomic E-state index is 12.9. The van der Waals surface area contributed by atoms with Crippen molar-refractivity contribution in [3.63, 3.8) is 0 Å². The number of rotatable bonds is 5. The van der Waals surface area contributed by atoms with E-state index in [0.717, 1.165) is 4.68 Å². The molecule has 0 fully saturated rings. The van der Waals surface area contributed by atoms with E-state index < -0.39 is 50.8 Å². The van der Waals surface area contributed by atoms with E-state index in [9.17, 15) is 21.8 Å². The van der Waals surface area contributed by atoms with E-state index in [0.29, 0.717) is 12.1 Å². The molecule has 148 valence electrons. The van der Waals surface area contributed by atoms with Gasteiger partial charge < -0.3 is 16.7 Å². The van der Waals surface area contributed by atoms with Crippen LogP contribution in [0.15, 0.2) is 22.2 Å². The Bertz CT molecular complexity index is 909. The molecule has 1 aromatic heterocycles. The lowest BCUT2D eigenvalue weighted by Crippen LogP contribution is -2.17. The van der Waals surface area contributed by atoms with Crippen LogP contribution in [0.1, 0.15) is 11.3 Å². The molecule has 2 aromatic rings. The van der Waals surface area contributed by atoms with E-state index in [2.05, 4.69) is 10.3 Å². The Balaban J connectivity index is 2.76. The third kappa shape index (κ3) is 4.12. The van der Waals surface area contributed by atoms with Gasteiger partial charge in [-0.15, -0.1) is 0 Å². The summed E-state index contributed by atoms with van der Waals surface area (Å²) < 4.78 is 64.2. The number of nitrogens with two attached hydrogens (primary N) is 2. The number of anilines is 1. The number of nitrogens with zero attached hydrogens (tertiary/aromatic N) is 3. The first-order chi connectivity index (χ1) is 12.5. The second-order valence-corrected chi connectivity index (χ2v) is 7.31. The number of amidine groups is 1. The van der Waals surface area contributed by atoms with Gasteiger partial charge in [-0.05, 0) is 12.1 Å². The standard InChI is InChI=1S/C13H11Cl2F4N5O2S/c14-6-3-5(13(17,18)19)4-7(15)9(6)24-12(21)10(27(26)2-1-16)8(22-24)11(20)23-25/h3-4,25H,1-2,21H2,(H2,20,23). The SMILES string of the molecule is N/C(=N/O)c1nn(-c2c(Cl)cc(C(F)(F)F)cc2Cl)c(N)c1S(=O)CCF. The normalized spacial score (nSPS) is 13.8. The van der Waals surface area contributed by atoms with Crippen LogP contribution in [-0.2, 0) is 17.0 Å². The number of aromatic nitrogens is 2. The van der Waals surface area contributed by atoms with E-state index >= 15 is 0 Å². The lowest BCUT2D eigenvalue weighted by molar-refractivity contribution is -0.137. The monoisotopic (exact) mass is 447 g/mol. The van der Waals surface area contributed by atoms with Crippen LogP contribution in [0.5, 0.6) is 0 Å². The third-order valence-corrected chi connectivity index (χ3v) is 5.23. The summed E-state index contributed by atoms with van der Waals surface area (Å²) in [6, 6.07) is 1.20. The molecule has 0 aliphatic heterocycles. The summed E-state index contributed by atoms with van der Waals surface area (Å²) >= 11 is 11.8. The second-order valence-electron chi connectivity index (χ2n) is 4.98. The quantitative estimate of drug-likeness (QED) is 0.214. The topological polar surface area (TPSA) is 120 Å². The molecule has 5 N–H and O–H groups in total. The summed E-state index contributed by atoms with van der Waals surface area (Å²) in [5.41, 5.74) is 9.64. The van der Waals surface area contributed by atoms with Gasteiger partial charge in [0.25, 0.3) is 0 Å². The van der Waals surface area contributed by atoms with Crippen molar-refractivity contribution in [2.75, 3.05) is 18.2 Å². The van der Waals surface area contributed by atoms with Crippen molar-refractivity contribution in [2.24, 2.45) is 10.9 Å². The van der Waals surface area contributed by atoms with Gasteiger partial charge in [-0.3, -0.25) is 8.60 Å². The molecule has 1 unspecified atom stereocenters. The van der Waals surface area contributed by atoms with Crippen LogP contribution in [0.4, 0.5) is 23.4 Å². The molecule has 1 heterocycles. The van der Waals surface area contributed by atoms with Crippen molar-refractivity contribution in [3.05, 3.63) is 33.4 Å². The smallest absolute Gasteiger partial charge is 0.409 e. The molecule has 0 saturated carbocycles. The highest BCUT2D eigenvalue weighted by Gasteiger charge is 2.33. The number of hydrogen-bond donors (Lipinski definition) is 3. The number of halogens is 6. The molecule has 0 radical (unpaired) electrons. The van der Waals surface area contributed by atoms with E-state index in [1.165, 1.54) is 0 Å². The molecule has 27 heavy (non-hydrogen) atoms. The van der Waals surface area contributed by atoms with Gasteiger partial charge >= 0.3 is 6.18 Å². The molecule has 0 spiro atoms. The largest absolute Gasteiger partial charge is 0.416 e. The zero-order valence-corrected chi connectivity index (χ0v) is 15.4. The average molecular weight is 448 g/mol. The minimum atomic E-state index is -4.70. The summed E-state index contributed by atoms with van der Waals surface area (Å²) in [7, 11) is -2.03. The molecule has 0 saturated heterocycles. The van der Waals surface area contributed by atoms with Crippen molar-refractivity contribution in [2.45, 2.75) is 11.1 Å². The average Bonchev–Trinajstić information content (AvgIpc) is 2.90. The Morgan fingerprint density at radius 3 is 2.33 bits per heavy atom. The molecule has 0 amide bonds. The summed E-state index contributed by atoms with van der Waals surface area (Å²) in [5, 5.41) is 14.5. The Kier molecular flexibility index (Phi) is 6.22. The van der Waals surface area contributed by atoms with E-state index in [-0.39, 0.29) is 22.1 Å². The molecule has 14 heteroatoms. The predicted octanol–water partition coefficient (Wildman–Crippen LogP) is 2.95. The van der Waals surface area contributed by atoms with Crippen LogP contribution in [-0.4, -0.2) is 37.5 Å². The van der Waals surface area contributed by atoms with E-state index in [1.54, 1.807) is 0 Å². The predicted molar refractivity (Wildman–Crippen MR) is 92.8 cm³/mol. The Hall–Kier alpha value is -2.05. The van der Waals surface area contributed by atoms with Gasteiger partial charge in [0, 0.05) is 0 Å². The van der Waals surface area contributed by atoms with Gasteiger partial charge in [-0.2, -0.15) is 18.3 Å². The van der Waals surface area contributed by atoms with Crippen molar-refractivity contribution in [1.29, 1.82) is 0 Å². The fourth-order valence-corrected chi connectivity index (χ4v) is 3.80. The fraction of sp³-hybridized carbons (Fsp3) is 0.231. The summed E-state index contributed by atoms with van der Waals surface area (Å²) in [5.74, 6) is -1.43. The highest BCUT2D eigenvalue weighted by Crippen LogP contribution is 2.39. The Morgan fingerprint density at radius 2 is 1.89 bits per heavy atom. The van der Waals surface area contributed by atoms with Crippen LogP contribution in [0.2, 0.25) is 10.0 Å². The van der Waals surface area contributed by atoms with Crippen LogP contribution < -0.4 is 11.5 Å². The first kappa shape index (κ1) is 21.3. The van der Waals surface area contributed by atoms with Gasteiger partial charge in [-0.25, -0.2) is 4.68 Å². The van der Waals surface area contributed by atoms with Crippen molar-refractivity contribution >= 4 is 45.7 Å². The van der Waals surface area contributed by atoms with Crippen LogP contribution >= 0.6 is 23.2 Å². The maximum absolute atomic E-state index is 12.9. The molecular weight excluding hydrogens is 437 g/mol. The van der Waals surface area contributed by atoms with Crippen LogP contribution in [0, 0.1) is 0 Å². The number of oxime groups is 1. The molecule has 0 aliphatic rings. The van der Waals surface area contributed by atoms with Crippen LogP contribution in [0.3, 0.4) is 0 Å². The first-order valence-electron chi connectivity index (χ1n) is 6.90. The molecular formula is C13H11Cl2F4N5O2S. The number of benzene rings is 1. The van der Waals surface area contributed by atoms with Gasteiger partial charge in [0.05, 0.1) is 32.2 Å². The Labute approximate surface area is 162 Å². The van der Waals surface area contributed by atoms with E-state index in [4.69, 9.17) is 39.9 Å². The van der Waals surface area contributed by atoms with Crippen LogP contribution in [0.25, 0.3) is 5.69 Å². The number of hydrogen-bond acceptors (Lipinski definition) is 5. The molecule has 0 aliphatic carbocycles. The maximum Gasteiger partial charge on any atom is 0.416 e. The van der Waals surface area contributed by atoms with Crippen molar-refractivity contribution in [3.8, 4) is 5.69 Å². The lowest BCUT2D eigenvalue weighted by atomic mass is 10.2. The number of alkyl halides is 4. The molecule has 7 nitrogen and oxygen atoms in total. The minimum absolute atomic E-state index is 0.251. The van der Waals surface area contributed by atoms with Gasteiger partial charge in [0.2, 0.25) is 0 Å². The third-order valence-electron chi connectivity index (χ3n) is 3.27. The zero-order valence-electron chi connectivity index (χ0n) is 13.1. The molecule has 2 rings (SSSR count). The number of nitrogen functional groups attached to an aromatic ring is 1. The Morgan fingerprint density at radius 1 is 1.33 bits per heavy atom. The minimum Gasteiger partial charge on any atom is -0.409 e. The van der Waals surface area contributed by atoms with Crippen molar-refractivity contribution < 1.29 is 27.0 Å². The van der Waals surface area contributed by atoms with Gasteiger partial charge in [0.15, 0.2) is 5.84 Å². The first-order valence-corrected chi connectivity index (χ1v) is 8.97. The van der Waals surface area contributed by atoms with Crippen molar-refractivity contribution in [1.82, 2.24) is 9.78 Å². The van der Waals surface area contributed by atoms with Gasteiger partial charge in [-0.1, -0.05) is 28.4 Å². The highest BCUT2D eigenvalue weighted by atomic mass is 35.5. The highest BCUT2D eigenvalue weighted by molar-refractivity contribution is 7.85. The fourth-order valence-electron chi connectivity index (χ4n) is 2.13. The summed E-state index contributed by atoms with van der Waals surface area (Å²) in [4.78, 5) is -0.269. The summed E-state index contributed by atoms with van der Waals surface area (Å²) in [6.45, 7) is -0.964. The molecule has 1 aromatic carbocycles.